The molecule has 2 aromatic rings. The molecule has 1 N–H and O–H groups in total. The van der Waals surface area contributed by atoms with E-state index in [1.807, 2.05) is 26.2 Å². The Hall–Kier alpha value is -2.52. The van der Waals surface area contributed by atoms with E-state index >= 15 is 0 Å². The van der Waals surface area contributed by atoms with Crippen molar-refractivity contribution in [2.45, 2.75) is 26.2 Å². The number of carbonyl (C=O) groups excluding carboxylic acids is 1. The minimum Gasteiger partial charge on any atom is -0.497 e. The van der Waals surface area contributed by atoms with Crippen LogP contribution >= 0.6 is 11.3 Å². The third kappa shape index (κ3) is 3.69. The van der Waals surface area contributed by atoms with Crippen LogP contribution in [0.5, 0.6) is 11.5 Å². The van der Waals surface area contributed by atoms with Crippen LogP contribution in [0.2, 0.25) is 0 Å². The summed E-state index contributed by atoms with van der Waals surface area (Å²) in [7, 11) is 3.05. The molecule has 0 fully saturated rings. The molecule has 24 heavy (non-hydrogen) atoms. The number of ether oxygens (including phenoxy) is 2. The summed E-state index contributed by atoms with van der Waals surface area (Å²) in [5.41, 5.74) is 1.68. The first-order chi connectivity index (χ1) is 11.3. The summed E-state index contributed by atoms with van der Waals surface area (Å²) < 4.78 is 10.4. The molecule has 0 bridgehead atoms. The van der Waals surface area contributed by atoms with Gasteiger partial charge < -0.3 is 14.8 Å². The molecule has 126 valence electrons. The molecule has 0 unspecified atom stereocenters. The van der Waals surface area contributed by atoms with Crippen molar-refractivity contribution in [3.63, 3.8) is 0 Å². The molecule has 0 spiro atoms. The topological polar surface area (TPSA) is 71.3 Å². The largest absolute Gasteiger partial charge is 0.497 e. The normalized spacial score (nSPS) is 10.8. The van der Waals surface area contributed by atoms with Crippen molar-refractivity contribution in [2.75, 3.05) is 19.5 Å². The van der Waals surface area contributed by atoms with E-state index in [2.05, 4.69) is 11.4 Å². The number of benzene rings is 1. The summed E-state index contributed by atoms with van der Waals surface area (Å²) in [5, 5.41) is 14.8. The van der Waals surface area contributed by atoms with Crippen LogP contribution in [-0.2, 0) is 5.41 Å². The first-order valence-electron chi connectivity index (χ1n) is 7.36. The molecular formula is C18H20N2O3S. The van der Waals surface area contributed by atoms with E-state index in [4.69, 9.17) is 9.47 Å². The van der Waals surface area contributed by atoms with E-state index in [0.29, 0.717) is 27.6 Å². The lowest BCUT2D eigenvalue weighted by molar-refractivity contribution is 0.102. The van der Waals surface area contributed by atoms with Gasteiger partial charge in [-0.15, -0.1) is 11.3 Å². The standard InChI is InChI=1S/C18H20N2O3S/c1-18(2,3)15-10-24-17(14(15)9-19)20-16(21)11-6-12(22-4)8-13(7-11)23-5/h6-8,10H,1-5H3,(H,20,21). The van der Waals surface area contributed by atoms with Crippen LogP contribution in [0.1, 0.15) is 42.3 Å². The number of carbonyl (C=O) groups is 1. The summed E-state index contributed by atoms with van der Waals surface area (Å²) in [6.07, 6.45) is 0. The van der Waals surface area contributed by atoms with E-state index in [0.717, 1.165) is 5.56 Å². The Morgan fingerprint density at radius 2 is 1.75 bits per heavy atom. The van der Waals surface area contributed by atoms with Crippen molar-refractivity contribution >= 4 is 22.2 Å². The highest BCUT2D eigenvalue weighted by Gasteiger charge is 2.23. The van der Waals surface area contributed by atoms with Crippen molar-refractivity contribution in [2.24, 2.45) is 0 Å². The molecule has 5 nitrogen and oxygen atoms in total. The Morgan fingerprint density at radius 3 is 2.21 bits per heavy atom. The summed E-state index contributed by atoms with van der Waals surface area (Å²) in [6.45, 7) is 6.11. The Morgan fingerprint density at radius 1 is 1.17 bits per heavy atom. The molecule has 0 aliphatic heterocycles. The van der Waals surface area contributed by atoms with Gasteiger partial charge in [-0.2, -0.15) is 5.26 Å². The Balaban J connectivity index is 2.34. The SMILES string of the molecule is COc1cc(OC)cc(C(=O)Nc2scc(C(C)(C)C)c2C#N)c1. The quantitative estimate of drug-likeness (QED) is 0.903. The number of thiophene rings is 1. The predicted octanol–water partition coefficient (Wildman–Crippen LogP) is 4.19. The highest BCUT2D eigenvalue weighted by Crippen LogP contribution is 2.36. The number of amides is 1. The number of hydrogen-bond acceptors (Lipinski definition) is 5. The number of hydrogen-bond donors (Lipinski definition) is 1. The minimum absolute atomic E-state index is 0.163. The van der Waals surface area contributed by atoms with Gasteiger partial charge in [-0.25, -0.2) is 0 Å². The van der Waals surface area contributed by atoms with Crippen molar-refractivity contribution < 1.29 is 14.3 Å². The predicted molar refractivity (Wildman–Crippen MR) is 95.2 cm³/mol. The molecule has 6 heteroatoms. The van der Waals surface area contributed by atoms with Gasteiger partial charge in [0.1, 0.15) is 22.6 Å². The zero-order valence-electron chi connectivity index (χ0n) is 14.4. The number of anilines is 1. The van der Waals surface area contributed by atoms with E-state index in [-0.39, 0.29) is 11.3 Å². The number of nitrogens with zero attached hydrogens (tertiary/aromatic N) is 1. The Kier molecular flexibility index (Phi) is 5.15. The second kappa shape index (κ2) is 6.93. The number of nitriles is 1. The van der Waals surface area contributed by atoms with Gasteiger partial charge in [0, 0.05) is 11.6 Å². The molecule has 1 aromatic carbocycles. The number of rotatable bonds is 4. The molecule has 0 aliphatic carbocycles. The van der Waals surface area contributed by atoms with Crippen LogP contribution in [0.3, 0.4) is 0 Å². The monoisotopic (exact) mass is 344 g/mol. The molecule has 1 aromatic heterocycles. The molecule has 1 heterocycles. The van der Waals surface area contributed by atoms with E-state index in [1.165, 1.54) is 25.6 Å². The summed E-state index contributed by atoms with van der Waals surface area (Å²) in [6, 6.07) is 7.15. The van der Waals surface area contributed by atoms with Gasteiger partial charge in [0.05, 0.1) is 19.8 Å². The van der Waals surface area contributed by atoms with Crippen LogP contribution in [0, 0.1) is 11.3 Å². The fraction of sp³-hybridized carbons (Fsp3) is 0.333. The number of methoxy groups -OCH3 is 2. The zero-order valence-corrected chi connectivity index (χ0v) is 15.2. The third-order valence-corrected chi connectivity index (χ3v) is 4.45. The van der Waals surface area contributed by atoms with E-state index in [1.54, 1.807) is 18.2 Å². The van der Waals surface area contributed by atoms with Crippen molar-refractivity contribution in [3.05, 3.63) is 40.3 Å². The maximum atomic E-state index is 12.6. The highest BCUT2D eigenvalue weighted by molar-refractivity contribution is 7.14. The first kappa shape index (κ1) is 17.8. The van der Waals surface area contributed by atoms with Crippen LogP contribution in [0.25, 0.3) is 0 Å². The lowest BCUT2D eigenvalue weighted by atomic mass is 9.86. The lowest BCUT2D eigenvalue weighted by Crippen LogP contribution is -2.14. The fourth-order valence-corrected chi connectivity index (χ4v) is 3.36. The zero-order chi connectivity index (χ0) is 17.9. The van der Waals surface area contributed by atoms with Gasteiger partial charge in [-0.3, -0.25) is 4.79 Å². The van der Waals surface area contributed by atoms with Gasteiger partial charge in [0.2, 0.25) is 0 Å². The highest BCUT2D eigenvalue weighted by atomic mass is 32.1. The second-order valence-electron chi connectivity index (χ2n) is 6.27. The second-order valence-corrected chi connectivity index (χ2v) is 7.15. The molecule has 0 atom stereocenters. The molecule has 0 radical (unpaired) electrons. The summed E-state index contributed by atoms with van der Waals surface area (Å²) in [5.74, 6) is 0.745. The van der Waals surface area contributed by atoms with Gasteiger partial charge in [0.25, 0.3) is 5.91 Å². The summed E-state index contributed by atoms with van der Waals surface area (Å²) in [4.78, 5) is 12.6. The smallest absolute Gasteiger partial charge is 0.256 e. The molecule has 0 saturated heterocycles. The van der Waals surface area contributed by atoms with Crippen LogP contribution in [0.4, 0.5) is 5.00 Å². The average molecular weight is 344 g/mol. The molecular weight excluding hydrogens is 324 g/mol. The number of nitrogens with one attached hydrogen (secondary N) is 1. The maximum Gasteiger partial charge on any atom is 0.256 e. The molecule has 0 aliphatic rings. The third-order valence-electron chi connectivity index (χ3n) is 3.55. The fourth-order valence-electron chi connectivity index (χ4n) is 2.23. The van der Waals surface area contributed by atoms with Crippen molar-refractivity contribution in [3.8, 4) is 17.6 Å². The summed E-state index contributed by atoms with van der Waals surface area (Å²) >= 11 is 1.35. The van der Waals surface area contributed by atoms with Gasteiger partial charge in [0.15, 0.2) is 0 Å². The van der Waals surface area contributed by atoms with Gasteiger partial charge in [-0.05, 0) is 28.5 Å². The van der Waals surface area contributed by atoms with Crippen molar-refractivity contribution in [1.82, 2.24) is 0 Å². The average Bonchev–Trinajstić information content (AvgIpc) is 2.97. The van der Waals surface area contributed by atoms with Crippen LogP contribution in [-0.4, -0.2) is 20.1 Å². The minimum atomic E-state index is -0.314. The molecule has 0 saturated carbocycles. The molecule has 2 rings (SSSR count). The van der Waals surface area contributed by atoms with Gasteiger partial charge >= 0.3 is 0 Å². The first-order valence-corrected chi connectivity index (χ1v) is 8.24. The maximum absolute atomic E-state index is 12.6. The van der Waals surface area contributed by atoms with E-state index < -0.39 is 0 Å². The van der Waals surface area contributed by atoms with Crippen LogP contribution in [0.15, 0.2) is 23.6 Å². The Labute approximate surface area is 145 Å². The van der Waals surface area contributed by atoms with Crippen LogP contribution < -0.4 is 14.8 Å². The lowest BCUT2D eigenvalue weighted by Gasteiger charge is -2.17. The van der Waals surface area contributed by atoms with Crippen molar-refractivity contribution in [1.29, 1.82) is 5.26 Å². The van der Waals surface area contributed by atoms with E-state index in [9.17, 15) is 10.1 Å². The van der Waals surface area contributed by atoms with Gasteiger partial charge in [-0.1, -0.05) is 20.8 Å². The molecule has 1 amide bonds. The Bertz CT molecular complexity index is 775.